The van der Waals surface area contributed by atoms with Crippen LogP contribution in [0.1, 0.15) is 42.8 Å². The van der Waals surface area contributed by atoms with Crippen LogP contribution in [0.4, 0.5) is 5.69 Å². The number of hydrogen-bond acceptors (Lipinski definition) is 6. The van der Waals surface area contributed by atoms with Gasteiger partial charge in [0.2, 0.25) is 5.82 Å². The minimum Gasteiger partial charge on any atom is -0.489 e. The monoisotopic (exact) mass is 477 g/mol. The van der Waals surface area contributed by atoms with Gasteiger partial charge in [0, 0.05) is 19.4 Å². The predicted octanol–water partition coefficient (Wildman–Crippen LogP) is 3.03. The average Bonchev–Trinajstić information content (AvgIpc) is 3.30. The lowest BCUT2D eigenvalue weighted by atomic mass is 10.0. The molecule has 1 aliphatic heterocycles. The second-order valence-electron chi connectivity index (χ2n) is 8.72. The van der Waals surface area contributed by atoms with Gasteiger partial charge >= 0.3 is 0 Å². The fourth-order valence-corrected chi connectivity index (χ4v) is 3.21. The molecule has 0 saturated carbocycles. The summed E-state index contributed by atoms with van der Waals surface area (Å²) in [4.78, 5) is 39.6. The van der Waals surface area contributed by atoms with E-state index in [0.29, 0.717) is 29.6 Å². The lowest BCUT2D eigenvalue weighted by Crippen LogP contribution is -2.49. The Kier molecular flexibility index (Phi) is 8.72. The van der Waals surface area contributed by atoms with Crippen LogP contribution in [0.15, 0.2) is 54.6 Å². The lowest BCUT2D eigenvalue weighted by Gasteiger charge is -2.19. The number of aldehydes is 1. The highest BCUT2D eigenvalue weighted by atomic mass is 16.5. The Morgan fingerprint density at radius 2 is 1.83 bits per heavy atom. The number of fused-ring (bicyclic) bond motifs is 1. The van der Waals surface area contributed by atoms with Crippen molar-refractivity contribution in [3.05, 3.63) is 71.8 Å². The van der Waals surface area contributed by atoms with Crippen LogP contribution in [0.3, 0.4) is 0 Å². The number of likely N-dealkylation sites (N-methyl/N-ethyl adjacent to an activating group) is 1. The molecule has 2 heterocycles. The summed E-state index contributed by atoms with van der Waals surface area (Å²) in [5.41, 5.74) is 1.71. The van der Waals surface area contributed by atoms with Crippen LogP contribution in [0.25, 0.3) is 0 Å². The zero-order valence-electron chi connectivity index (χ0n) is 20.4. The largest absolute Gasteiger partial charge is 0.489 e. The fourth-order valence-electron chi connectivity index (χ4n) is 3.21. The molecule has 2 unspecified atom stereocenters. The van der Waals surface area contributed by atoms with Crippen LogP contribution in [-0.4, -0.2) is 53.0 Å². The number of aromatic nitrogens is 3. The minimum absolute atomic E-state index is 0.0386. The molecule has 4 rings (SSSR count). The SMILES string of the molecule is CC(C)C(C)C=O.CN1C(=O)C(NC(=O)c2nnc(Cc3ccccc3)[nH]2)COc2ccccc21. The number of anilines is 1. The maximum atomic E-state index is 12.7. The number of nitrogens with zero attached hydrogens (tertiary/aromatic N) is 3. The number of carbonyl (C=O) groups excluding carboxylic acids is 3. The molecule has 0 aliphatic carbocycles. The number of amides is 2. The standard InChI is InChI=1S/C20H19N5O3.C6H12O/c1-25-15-9-5-6-10-16(15)28-12-14(20(25)27)21-19(26)18-22-17(23-24-18)11-13-7-3-2-4-8-13;1-5(2)6(3)4-7/h2-10,14H,11-12H2,1H3,(H,21,26)(H,22,23,24);4-6H,1-3H3. The number of nitrogens with one attached hydrogen (secondary N) is 2. The quantitative estimate of drug-likeness (QED) is 0.527. The van der Waals surface area contributed by atoms with Gasteiger partial charge in [0.1, 0.15) is 30.5 Å². The fraction of sp³-hybridized carbons (Fsp3) is 0.346. The van der Waals surface area contributed by atoms with Crippen molar-refractivity contribution in [3.8, 4) is 5.75 Å². The Bertz CT molecular complexity index is 1150. The van der Waals surface area contributed by atoms with Crippen LogP contribution < -0.4 is 15.0 Å². The van der Waals surface area contributed by atoms with Crippen LogP contribution in [0.5, 0.6) is 5.75 Å². The number of para-hydroxylation sites is 2. The van der Waals surface area contributed by atoms with Crippen molar-refractivity contribution in [1.29, 1.82) is 0 Å². The molecule has 2 amide bonds. The molecule has 3 aromatic rings. The second-order valence-corrected chi connectivity index (χ2v) is 8.72. The van der Waals surface area contributed by atoms with Crippen LogP contribution >= 0.6 is 0 Å². The highest BCUT2D eigenvalue weighted by Gasteiger charge is 2.31. The molecule has 2 aromatic carbocycles. The Morgan fingerprint density at radius 3 is 2.49 bits per heavy atom. The number of rotatable bonds is 6. The molecule has 0 radical (unpaired) electrons. The van der Waals surface area contributed by atoms with Gasteiger partial charge in [-0.2, -0.15) is 0 Å². The van der Waals surface area contributed by atoms with E-state index in [1.165, 1.54) is 4.90 Å². The van der Waals surface area contributed by atoms with Gasteiger partial charge in [-0.15, -0.1) is 10.2 Å². The van der Waals surface area contributed by atoms with Gasteiger partial charge in [0.25, 0.3) is 11.8 Å². The van der Waals surface area contributed by atoms with E-state index in [-0.39, 0.29) is 24.3 Å². The van der Waals surface area contributed by atoms with Gasteiger partial charge < -0.3 is 24.7 Å². The molecule has 2 atom stereocenters. The summed E-state index contributed by atoms with van der Waals surface area (Å²) in [6.07, 6.45) is 1.52. The summed E-state index contributed by atoms with van der Waals surface area (Å²) in [6.45, 7) is 6.05. The second kappa shape index (κ2) is 11.9. The smallest absolute Gasteiger partial charge is 0.289 e. The van der Waals surface area contributed by atoms with Crippen molar-refractivity contribution in [2.45, 2.75) is 33.2 Å². The van der Waals surface area contributed by atoms with Gasteiger partial charge in [-0.25, -0.2) is 0 Å². The number of benzene rings is 2. The highest BCUT2D eigenvalue weighted by molar-refractivity contribution is 6.02. The number of carbonyl (C=O) groups is 3. The first kappa shape index (κ1) is 25.6. The number of H-pyrrole nitrogens is 1. The van der Waals surface area contributed by atoms with Crippen molar-refractivity contribution in [2.24, 2.45) is 11.8 Å². The first-order valence-electron chi connectivity index (χ1n) is 11.5. The Balaban J connectivity index is 0.000000429. The third kappa shape index (κ3) is 6.75. The average molecular weight is 478 g/mol. The minimum atomic E-state index is -0.826. The molecular weight excluding hydrogens is 446 g/mol. The first-order valence-corrected chi connectivity index (χ1v) is 11.5. The molecule has 2 N–H and O–H groups in total. The summed E-state index contributed by atoms with van der Waals surface area (Å²) >= 11 is 0. The predicted molar refractivity (Wildman–Crippen MR) is 132 cm³/mol. The van der Waals surface area contributed by atoms with Gasteiger partial charge in [-0.3, -0.25) is 9.59 Å². The van der Waals surface area contributed by atoms with Crippen LogP contribution in [-0.2, 0) is 16.0 Å². The van der Waals surface area contributed by atoms with Gasteiger partial charge in [-0.1, -0.05) is 63.2 Å². The van der Waals surface area contributed by atoms with Gasteiger partial charge in [-0.05, 0) is 23.6 Å². The summed E-state index contributed by atoms with van der Waals surface area (Å²) in [6, 6.07) is 16.2. The molecule has 0 fully saturated rings. The zero-order chi connectivity index (χ0) is 25.4. The maximum absolute atomic E-state index is 12.7. The third-order valence-corrected chi connectivity index (χ3v) is 5.80. The number of hydrogen-bond donors (Lipinski definition) is 2. The Labute approximate surface area is 204 Å². The molecule has 9 nitrogen and oxygen atoms in total. The summed E-state index contributed by atoms with van der Waals surface area (Å²) in [7, 11) is 1.65. The topological polar surface area (TPSA) is 117 Å². The van der Waals surface area contributed by atoms with Crippen LogP contribution in [0, 0.1) is 11.8 Å². The molecule has 1 aromatic heterocycles. The van der Waals surface area contributed by atoms with Crippen molar-refractivity contribution in [3.63, 3.8) is 0 Å². The highest BCUT2D eigenvalue weighted by Crippen LogP contribution is 2.29. The molecule has 184 valence electrons. The summed E-state index contributed by atoms with van der Waals surface area (Å²) < 4.78 is 5.70. The van der Waals surface area contributed by atoms with Crippen molar-refractivity contribution in [1.82, 2.24) is 20.5 Å². The van der Waals surface area contributed by atoms with E-state index in [9.17, 15) is 14.4 Å². The molecule has 0 spiro atoms. The molecule has 0 saturated heterocycles. The molecule has 9 heteroatoms. The van der Waals surface area contributed by atoms with E-state index in [4.69, 9.17) is 4.74 Å². The Morgan fingerprint density at radius 1 is 1.14 bits per heavy atom. The lowest BCUT2D eigenvalue weighted by molar-refractivity contribution is -0.120. The molecule has 0 bridgehead atoms. The van der Waals surface area contributed by atoms with E-state index < -0.39 is 11.9 Å². The first-order chi connectivity index (χ1) is 16.8. The van der Waals surface area contributed by atoms with Crippen molar-refractivity contribution < 1.29 is 19.1 Å². The van der Waals surface area contributed by atoms with Gasteiger partial charge in [0.05, 0.1) is 5.69 Å². The number of ether oxygens (including phenoxy) is 1. The molecule has 1 aliphatic rings. The summed E-state index contributed by atoms with van der Waals surface area (Å²) in [5, 5.41) is 10.6. The van der Waals surface area contributed by atoms with E-state index in [2.05, 4.69) is 20.5 Å². The van der Waals surface area contributed by atoms with Crippen molar-refractivity contribution in [2.75, 3.05) is 18.6 Å². The van der Waals surface area contributed by atoms with Gasteiger partial charge in [0.15, 0.2) is 0 Å². The number of aromatic amines is 1. The summed E-state index contributed by atoms with van der Waals surface area (Å²) in [5.74, 6) is 1.18. The Hall–Kier alpha value is -4.01. The van der Waals surface area contributed by atoms with E-state index in [1.54, 1.807) is 19.2 Å². The van der Waals surface area contributed by atoms with Crippen molar-refractivity contribution >= 4 is 23.8 Å². The zero-order valence-corrected chi connectivity index (χ0v) is 20.4. The van der Waals surface area contributed by atoms with E-state index in [0.717, 1.165) is 11.8 Å². The normalized spacial score (nSPS) is 15.7. The van der Waals surface area contributed by atoms with Crippen LogP contribution in [0.2, 0.25) is 0 Å². The molecular formula is C26H31N5O4. The molecule has 35 heavy (non-hydrogen) atoms. The third-order valence-electron chi connectivity index (χ3n) is 5.80. The van der Waals surface area contributed by atoms with E-state index in [1.807, 2.05) is 63.2 Å². The maximum Gasteiger partial charge on any atom is 0.289 e. The van der Waals surface area contributed by atoms with E-state index >= 15 is 0 Å².